The second kappa shape index (κ2) is 13.3. The predicted molar refractivity (Wildman–Crippen MR) is 227 cm³/mol. The SMILES string of the molecule is CC(C)C1=CC=C2c3ccc(-c4cc(C5=CCCC(C6=CC=CCC6)=C5)cc(C5C=CC=C(C6=CC=CCC6)C5)c4)c4cccc(c34)C3=CC=CC1C32. The number of hydrogen-bond acceptors (Lipinski definition) is 0. The van der Waals surface area contributed by atoms with Crippen LogP contribution in [0.1, 0.15) is 87.0 Å². The van der Waals surface area contributed by atoms with Crippen LogP contribution in [-0.2, 0) is 0 Å². The first kappa shape index (κ1) is 32.5. The van der Waals surface area contributed by atoms with E-state index in [1.807, 2.05) is 0 Å². The zero-order chi connectivity index (χ0) is 35.5. The van der Waals surface area contributed by atoms with E-state index in [2.05, 4.69) is 160 Å². The van der Waals surface area contributed by atoms with E-state index in [-0.39, 0.29) is 0 Å². The molecule has 0 nitrogen and oxygen atoms in total. The molecule has 7 aliphatic rings. The molecule has 0 spiro atoms. The molecule has 0 heteroatoms. The van der Waals surface area contributed by atoms with Crippen LogP contribution in [0.15, 0.2) is 174 Å². The number of hydrogen-bond donors (Lipinski definition) is 0. The molecule has 0 amide bonds. The van der Waals surface area contributed by atoms with Gasteiger partial charge in [-0.1, -0.05) is 159 Å². The third-order valence-corrected chi connectivity index (χ3v) is 12.9. The van der Waals surface area contributed by atoms with Crippen LogP contribution in [0.5, 0.6) is 0 Å². The monoisotopic (exact) mass is 684 g/mol. The first-order chi connectivity index (χ1) is 26.1. The average molecular weight is 685 g/mol. The van der Waals surface area contributed by atoms with Crippen molar-refractivity contribution in [1.82, 2.24) is 0 Å². The summed E-state index contributed by atoms with van der Waals surface area (Å²) < 4.78 is 0. The summed E-state index contributed by atoms with van der Waals surface area (Å²) in [7, 11) is 0. The normalized spacial score (nSPS) is 24.1. The summed E-state index contributed by atoms with van der Waals surface area (Å²) in [6.07, 6.45) is 45.7. The van der Waals surface area contributed by atoms with E-state index in [1.165, 1.54) is 83.2 Å². The fourth-order valence-corrected chi connectivity index (χ4v) is 10.2. The molecule has 0 fully saturated rings. The van der Waals surface area contributed by atoms with E-state index < -0.39 is 0 Å². The first-order valence-corrected chi connectivity index (χ1v) is 20.1. The second-order valence-corrected chi connectivity index (χ2v) is 16.3. The van der Waals surface area contributed by atoms with Crippen LogP contribution in [0.4, 0.5) is 0 Å². The van der Waals surface area contributed by atoms with Crippen LogP contribution < -0.4 is 0 Å². The second-order valence-electron chi connectivity index (χ2n) is 16.3. The van der Waals surface area contributed by atoms with Gasteiger partial charge in [-0.25, -0.2) is 0 Å². The van der Waals surface area contributed by atoms with Gasteiger partial charge in [0.2, 0.25) is 0 Å². The third-order valence-electron chi connectivity index (χ3n) is 12.9. The molecule has 260 valence electrons. The predicted octanol–water partition coefficient (Wildman–Crippen LogP) is 14.3. The topological polar surface area (TPSA) is 0 Å². The Morgan fingerprint density at radius 3 is 2.13 bits per heavy atom. The van der Waals surface area contributed by atoms with Gasteiger partial charge in [0.15, 0.2) is 0 Å². The van der Waals surface area contributed by atoms with Crippen molar-refractivity contribution in [2.75, 3.05) is 0 Å². The summed E-state index contributed by atoms with van der Waals surface area (Å²) in [5.41, 5.74) is 20.1. The highest BCUT2D eigenvalue weighted by Gasteiger charge is 2.39. The molecule has 0 saturated heterocycles. The van der Waals surface area contributed by atoms with Crippen molar-refractivity contribution in [2.45, 2.75) is 64.7 Å². The van der Waals surface area contributed by atoms with Crippen LogP contribution in [0.3, 0.4) is 0 Å². The summed E-state index contributed by atoms with van der Waals surface area (Å²) in [5.74, 6) is 1.70. The van der Waals surface area contributed by atoms with Gasteiger partial charge in [-0.2, -0.15) is 0 Å². The van der Waals surface area contributed by atoms with Gasteiger partial charge in [-0.05, 0) is 140 Å². The molecule has 0 N–H and O–H groups in total. The minimum absolute atomic E-state index is 0.338. The number of allylic oxidation sites excluding steroid dienone is 24. The maximum absolute atomic E-state index is 2.52. The lowest BCUT2D eigenvalue weighted by molar-refractivity contribution is 0.570. The smallest absolute Gasteiger partial charge is 0.0202 e. The van der Waals surface area contributed by atoms with Crippen LogP contribution in [0.2, 0.25) is 0 Å². The fourth-order valence-electron chi connectivity index (χ4n) is 10.2. The van der Waals surface area contributed by atoms with Crippen LogP contribution in [-0.4, -0.2) is 0 Å². The Kier molecular flexibility index (Phi) is 8.16. The van der Waals surface area contributed by atoms with Crippen molar-refractivity contribution >= 4 is 27.5 Å². The highest BCUT2D eigenvalue weighted by molar-refractivity contribution is 6.13. The van der Waals surface area contributed by atoms with Gasteiger partial charge >= 0.3 is 0 Å². The van der Waals surface area contributed by atoms with Gasteiger partial charge in [0.25, 0.3) is 0 Å². The van der Waals surface area contributed by atoms with Crippen molar-refractivity contribution in [1.29, 1.82) is 0 Å². The summed E-state index contributed by atoms with van der Waals surface area (Å²) in [6, 6.07) is 19.5. The van der Waals surface area contributed by atoms with E-state index in [0.29, 0.717) is 23.7 Å². The van der Waals surface area contributed by atoms with Crippen LogP contribution in [0, 0.1) is 17.8 Å². The third kappa shape index (κ3) is 5.66. The molecule has 53 heavy (non-hydrogen) atoms. The van der Waals surface area contributed by atoms with Crippen molar-refractivity contribution in [2.24, 2.45) is 17.8 Å². The Balaban J connectivity index is 1.13. The molecule has 0 bridgehead atoms. The Labute approximate surface area is 315 Å². The molecule has 0 aliphatic heterocycles. The minimum atomic E-state index is 0.338. The van der Waals surface area contributed by atoms with Crippen LogP contribution >= 0.6 is 0 Å². The summed E-state index contributed by atoms with van der Waals surface area (Å²) in [6.45, 7) is 4.69. The molecule has 3 atom stereocenters. The van der Waals surface area contributed by atoms with Gasteiger partial charge in [-0.15, -0.1) is 0 Å². The van der Waals surface area contributed by atoms with Gasteiger partial charge in [0.05, 0.1) is 0 Å². The standard InChI is InChI=1S/C53H48/c1-34(2)44-25-27-50-51-28-26-45(47-22-12-24-49(53(47)51)48-23-11-21-46(44)52(48)50)43-32-41(39-19-9-17-37(29-39)35-13-5-3-6-14-35)31-42(33-43)40-20-10-18-38(30-40)36-15-7-4-8-16-36/h3-5,7,9,11-13,15,17,19-28,30-34,39,46,52H,6,8,10,14,16,18,29H2,1-2H3. The minimum Gasteiger partial charge on any atom is -0.0842 e. The van der Waals surface area contributed by atoms with Gasteiger partial charge in [0, 0.05) is 17.8 Å². The number of rotatable bonds is 6. The molecule has 0 radical (unpaired) electrons. The van der Waals surface area contributed by atoms with Crippen molar-refractivity contribution in [3.63, 3.8) is 0 Å². The summed E-state index contributed by atoms with van der Waals surface area (Å²) >= 11 is 0. The van der Waals surface area contributed by atoms with Crippen LogP contribution in [0.25, 0.3) is 38.6 Å². The lowest BCUT2D eigenvalue weighted by Gasteiger charge is -2.41. The Morgan fingerprint density at radius 1 is 0.604 bits per heavy atom. The number of fused-ring (bicyclic) bond motifs is 2. The number of benzene rings is 3. The highest BCUT2D eigenvalue weighted by atomic mass is 14.4. The highest BCUT2D eigenvalue weighted by Crippen LogP contribution is 2.55. The van der Waals surface area contributed by atoms with Crippen molar-refractivity contribution in [3.8, 4) is 11.1 Å². The molecule has 0 saturated carbocycles. The molecule has 3 aromatic carbocycles. The van der Waals surface area contributed by atoms with E-state index in [1.54, 1.807) is 5.57 Å². The molecule has 0 heterocycles. The maximum Gasteiger partial charge on any atom is 0.0202 e. The molecule has 10 rings (SSSR count). The Morgan fingerprint density at radius 2 is 1.32 bits per heavy atom. The molecular formula is C53H48. The van der Waals surface area contributed by atoms with E-state index >= 15 is 0 Å². The Hall–Kier alpha value is -5.20. The van der Waals surface area contributed by atoms with E-state index in [0.717, 1.165) is 44.9 Å². The molecule has 3 aromatic rings. The van der Waals surface area contributed by atoms with Gasteiger partial charge < -0.3 is 0 Å². The summed E-state index contributed by atoms with van der Waals surface area (Å²) in [5, 5.41) is 2.78. The van der Waals surface area contributed by atoms with E-state index in [4.69, 9.17) is 0 Å². The Bertz CT molecular complexity index is 2440. The average Bonchev–Trinajstić information content (AvgIpc) is 3.23. The lowest BCUT2D eigenvalue weighted by Crippen LogP contribution is -2.27. The molecular weight excluding hydrogens is 637 g/mol. The largest absolute Gasteiger partial charge is 0.0842 e. The van der Waals surface area contributed by atoms with Crippen molar-refractivity contribution in [3.05, 3.63) is 196 Å². The van der Waals surface area contributed by atoms with Crippen molar-refractivity contribution < 1.29 is 0 Å². The zero-order valence-electron chi connectivity index (χ0n) is 31.1. The molecule has 0 aromatic heterocycles. The van der Waals surface area contributed by atoms with Gasteiger partial charge in [-0.3, -0.25) is 0 Å². The fraction of sp³-hybridized carbons (Fsp3) is 0.245. The zero-order valence-corrected chi connectivity index (χ0v) is 31.1. The first-order valence-electron chi connectivity index (χ1n) is 20.1. The molecule has 3 unspecified atom stereocenters. The van der Waals surface area contributed by atoms with E-state index in [9.17, 15) is 0 Å². The quantitative estimate of drug-likeness (QED) is 0.242. The van der Waals surface area contributed by atoms with Gasteiger partial charge in [0.1, 0.15) is 0 Å². The lowest BCUT2D eigenvalue weighted by atomic mass is 9.62. The summed E-state index contributed by atoms with van der Waals surface area (Å²) in [4.78, 5) is 0. The molecule has 7 aliphatic carbocycles. The maximum atomic E-state index is 2.52.